The fourth-order valence-electron chi connectivity index (χ4n) is 0.547. The first-order chi connectivity index (χ1) is 4.72. The van der Waals surface area contributed by atoms with Crippen molar-refractivity contribution < 1.29 is 5.06 Å². The van der Waals surface area contributed by atoms with Gasteiger partial charge in [0.05, 0.1) is 12.2 Å². The van der Waals surface area contributed by atoms with Crippen LogP contribution in [0.25, 0.3) is 0 Å². The fourth-order valence-corrected chi connectivity index (χ4v) is 0.547. The molecule has 0 aliphatic carbocycles. The first-order valence-corrected chi connectivity index (χ1v) is 3.49. The minimum Gasteiger partial charge on any atom is -0.629 e. The molecule has 0 saturated carbocycles. The Labute approximate surface area is 62.4 Å². The summed E-state index contributed by atoms with van der Waals surface area (Å²) >= 11 is 0. The largest absolute Gasteiger partial charge is 0.629 e. The lowest BCUT2D eigenvalue weighted by Gasteiger charge is -2.19. The molecule has 0 rings (SSSR count). The number of quaternary nitrogens is 1. The molecule has 58 valence electrons. The average Bonchev–Trinajstić information content (AvgIpc) is 1.98. The molecule has 0 heterocycles. The molecule has 1 atom stereocenters. The Morgan fingerprint density at radius 3 is 2.50 bits per heavy atom. The third-order valence-corrected chi connectivity index (χ3v) is 1.41. The average molecular weight is 141 g/mol. The van der Waals surface area contributed by atoms with Gasteiger partial charge in [0.1, 0.15) is 0 Å². The van der Waals surface area contributed by atoms with Gasteiger partial charge in [-0.05, 0) is 26.0 Å². The molecular weight excluding hydrogens is 126 g/mol. The molecule has 10 heavy (non-hydrogen) atoms. The van der Waals surface area contributed by atoms with Gasteiger partial charge in [0.25, 0.3) is 0 Å². The SMILES string of the molecule is C/C=C/C[NH+]([O-])/C(C)=C/C. The van der Waals surface area contributed by atoms with E-state index in [4.69, 9.17) is 0 Å². The normalized spacial score (nSPS) is 16.2. The van der Waals surface area contributed by atoms with Gasteiger partial charge in [0, 0.05) is 6.92 Å². The van der Waals surface area contributed by atoms with Gasteiger partial charge in [-0.2, -0.15) is 0 Å². The van der Waals surface area contributed by atoms with Crippen molar-refractivity contribution in [1.82, 2.24) is 0 Å². The zero-order valence-electron chi connectivity index (χ0n) is 6.85. The van der Waals surface area contributed by atoms with Gasteiger partial charge in [-0.1, -0.05) is 6.08 Å². The third-order valence-electron chi connectivity index (χ3n) is 1.41. The maximum absolute atomic E-state index is 11.0. The maximum Gasteiger partial charge on any atom is 0.0999 e. The van der Waals surface area contributed by atoms with E-state index in [9.17, 15) is 5.21 Å². The van der Waals surface area contributed by atoms with Crippen LogP contribution in [0.15, 0.2) is 23.9 Å². The molecule has 0 amide bonds. The van der Waals surface area contributed by atoms with Crippen molar-refractivity contribution in [2.24, 2.45) is 0 Å². The smallest absolute Gasteiger partial charge is 0.0999 e. The highest BCUT2D eigenvalue weighted by Gasteiger charge is 1.93. The van der Waals surface area contributed by atoms with Crippen molar-refractivity contribution in [2.75, 3.05) is 6.54 Å². The minimum atomic E-state index is 0.209. The molecule has 0 aromatic heterocycles. The van der Waals surface area contributed by atoms with Gasteiger partial charge in [0.15, 0.2) is 0 Å². The Balaban J connectivity index is 3.73. The molecule has 0 spiro atoms. The highest BCUT2D eigenvalue weighted by molar-refractivity contribution is 4.85. The Morgan fingerprint density at radius 1 is 1.50 bits per heavy atom. The van der Waals surface area contributed by atoms with Gasteiger partial charge in [0.2, 0.25) is 0 Å². The number of hydrogen-bond acceptors (Lipinski definition) is 1. The highest BCUT2D eigenvalue weighted by atomic mass is 16.5. The van der Waals surface area contributed by atoms with Crippen LogP contribution in [-0.4, -0.2) is 6.54 Å². The molecular formula is C8H15NO. The Hall–Kier alpha value is -0.600. The number of hydroxylamine groups is 2. The molecule has 0 bridgehead atoms. The zero-order chi connectivity index (χ0) is 7.98. The van der Waals surface area contributed by atoms with Gasteiger partial charge in [-0.25, -0.2) is 0 Å². The van der Waals surface area contributed by atoms with E-state index in [-0.39, 0.29) is 5.06 Å². The van der Waals surface area contributed by atoms with Gasteiger partial charge < -0.3 is 10.3 Å². The maximum atomic E-state index is 11.0. The number of allylic oxidation sites excluding steroid dienone is 3. The van der Waals surface area contributed by atoms with E-state index in [1.54, 1.807) is 0 Å². The van der Waals surface area contributed by atoms with Crippen LogP contribution in [-0.2, 0) is 0 Å². The summed E-state index contributed by atoms with van der Waals surface area (Å²) in [5.41, 5.74) is 0.845. The van der Waals surface area contributed by atoms with E-state index >= 15 is 0 Å². The van der Waals surface area contributed by atoms with E-state index in [2.05, 4.69) is 0 Å². The van der Waals surface area contributed by atoms with E-state index in [0.29, 0.717) is 6.54 Å². The zero-order valence-corrected chi connectivity index (χ0v) is 6.85. The summed E-state index contributed by atoms with van der Waals surface area (Å²) in [7, 11) is 0. The lowest BCUT2D eigenvalue weighted by atomic mass is 10.4. The second kappa shape index (κ2) is 5.21. The highest BCUT2D eigenvalue weighted by Crippen LogP contribution is 1.76. The molecule has 0 radical (unpaired) electrons. The standard InChI is InChI=1S/C8H15NO/c1-4-6-7-9(10)8(3)5-2/h4-6,9H,7H2,1-3H3/b6-4+,8-5+. The van der Waals surface area contributed by atoms with Crippen LogP contribution in [0.4, 0.5) is 0 Å². The number of nitrogens with one attached hydrogen (secondary N) is 1. The molecule has 0 fully saturated rings. The quantitative estimate of drug-likeness (QED) is 0.458. The van der Waals surface area contributed by atoms with Crippen molar-refractivity contribution in [1.29, 1.82) is 0 Å². The van der Waals surface area contributed by atoms with Gasteiger partial charge in [-0.15, -0.1) is 0 Å². The van der Waals surface area contributed by atoms with E-state index < -0.39 is 0 Å². The van der Waals surface area contributed by atoms with Gasteiger partial charge in [-0.3, -0.25) is 0 Å². The molecule has 0 aromatic carbocycles. The van der Waals surface area contributed by atoms with Crippen molar-refractivity contribution >= 4 is 0 Å². The Morgan fingerprint density at radius 2 is 2.10 bits per heavy atom. The summed E-state index contributed by atoms with van der Waals surface area (Å²) in [4.78, 5) is 0. The van der Waals surface area contributed by atoms with Crippen LogP contribution in [0.1, 0.15) is 20.8 Å². The predicted octanol–water partition coefficient (Wildman–Crippen LogP) is 0.869. The molecule has 1 N–H and O–H groups in total. The van der Waals surface area contributed by atoms with Crippen molar-refractivity contribution in [2.45, 2.75) is 20.8 Å². The van der Waals surface area contributed by atoms with Crippen LogP contribution in [0.2, 0.25) is 0 Å². The lowest BCUT2D eigenvalue weighted by molar-refractivity contribution is -0.799. The van der Waals surface area contributed by atoms with E-state index in [1.807, 2.05) is 39.0 Å². The molecule has 0 saturated heterocycles. The molecule has 2 heteroatoms. The van der Waals surface area contributed by atoms with Crippen molar-refractivity contribution in [3.05, 3.63) is 29.1 Å². The van der Waals surface area contributed by atoms with Crippen LogP contribution in [0.5, 0.6) is 0 Å². The molecule has 2 nitrogen and oxygen atoms in total. The fraction of sp³-hybridized carbons (Fsp3) is 0.500. The molecule has 1 unspecified atom stereocenters. The second-order valence-electron chi connectivity index (χ2n) is 2.17. The second-order valence-corrected chi connectivity index (χ2v) is 2.17. The van der Waals surface area contributed by atoms with Crippen LogP contribution in [0.3, 0.4) is 0 Å². The summed E-state index contributed by atoms with van der Waals surface area (Å²) in [5.74, 6) is 0. The number of hydrogen-bond donors (Lipinski definition) is 1. The lowest BCUT2D eigenvalue weighted by Crippen LogP contribution is -3.04. The summed E-state index contributed by atoms with van der Waals surface area (Å²) in [6.07, 6.45) is 5.60. The summed E-state index contributed by atoms with van der Waals surface area (Å²) < 4.78 is 0. The van der Waals surface area contributed by atoms with Crippen LogP contribution in [0, 0.1) is 5.21 Å². The number of rotatable bonds is 3. The van der Waals surface area contributed by atoms with E-state index in [1.165, 1.54) is 0 Å². The molecule has 0 aliphatic rings. The van der Waals surface area contributed by atoms with Crippen molar-refractivity contribution in [3.8, 4) is 0 Å². The molecule has 0 aliphatic heterocycles. The summed E-state index contributed by atoms with van der Waals surface area (Å²) in [6, 6.07) is 0. The van der Waals surface area contributed by atoms with Gasteiger partial charge >= 0.3 is 0 Å². The topological polar surface area (TPSA) is 27.5 Å². The monoisotopic (exact) mass is 141 g/mol. The predicted molar refractivity (Wildman–Crippen MR) is 43.4 cm³/mol. The van der Waals surface area contributed by atoms with Crippen LogP contribution < -0.4 is 5.06 Å². The Bertz CT molecular complexity index is 138. The molecule has 0 aromatic rings. The Kier molecular flexibility index (Phi) is 4.89. The summed E-state index contributed by atoms with van der Waals surface area (Å²) in [6.45, 7) is 6.17. The minimum absolute atomic E-state index is 0.209. The third kappa shape index (κ3) is 3.43. The summed E-state index contributed by atoms with van der Waals surface area (Å²) in [5, 5.41) is 11.2. The van der Waals surface area contributed by atoms with Crippen LogP contribution >= 0.6 is 0 Å². The van der Waals surface area contributed by atoms with E-state index in [0.717, 1.165) is 5.70 Å². The first kappa shape index (κ1) is 9.40. The van der Waals surface area contributed by atoms with Crippen molar-refractivity contribution in [3.63, 3.8) is 0 Å². The first-order valence-electron chi connectivity index (χ1n) is 3.49.